The lowest BCUT2D eigenvalue weighted by atomic mass is 9.95. The molecule has 0 spiro atoms. The molecule has 0 bridgehead atoms. The van der Waals surface area contributed by atoms with E-state index in [2.05, 4.69) is 40.6 Å². The van der Waals surface area contributed by atoms with Gasteiger partial charge < -0.3 is 5.32 Å². The van der Waals surface area contributed by atoms with E-state index in [1.165, 1.54) is 10.4 Å². The van der Waals surface area contributed by atoms with Crippen LogP contribution in [-0.4, -0.2) is 32.8 Å². The first kappa shape index (κ1) is 14.9. The van der Waals surface area contributed by atoms with Crippen molar-refractivity contribution >= 4 is 11.6 Å². The van der Waals surface area contributed by atoms with E-state index >= 15 is 0 Å². The van der Waals surface area contributed by atoms with Crippen LogP contribution in [0.3, 0.4) is 0 Å². The molecular weight excluding hydrogens is 274 g/mol. The van der Waals surface area contributed by atoms with Crippen molar-refractivity contribution in [2.24, 2.45) is 7.05 Å². The van der Waals surface area contributed by atoms with Gasteiger partial charge in [0.1, 0.15) is 0 Å². The highest BCUT2D eigenvalue weighted by atomic mass is 35.5. The van der Waals surface area contributed by atoms with Crippen molar-refractivity contribution in [1.82, 2.24) is 25.5 Å². The Morgan fingerprint density at radius 2 is 2.15 bits per heavy atom. The summed E-state index contributed by atoms with van der Waals surface area (Å²) in [5, 5.41) is 16.4. The molecule has 0 fully saturated rings. The molecule has 108 valence electrons. The van der Waals surface area contributed by atoms with Crippen molar-refractivity contribution in [3.05, 3.63) is 40.7 Å². The van der Waals surface area contributed by atoms with Gasteiger partial charge in [0.2, 0.25) is 0 Å². The van der Waals surface area contributed by atoms with E-state index in [1.807, 2.05) is 18.2 Å². The molecule has 0 aliphatic heterocycles. The summed E-state index contributed by atoms with van der Waals surface area (Å²) in [6, 6.07) is 8.40. The molecule has 1 atom stereocenters. The van der Waals surface area contributed by atoms with Gasteiger partial charge in [0.25, 0.3) is 0 Å². The molecule has 5 nitrogen and oxygen atoms in total. The maximum absolute atomic E-state index is 6.09. The van der Waals surface area contributed by atoms with Crippen LogP contribution in [0.4, 0.5) is 0 Å². The number of nitrogens with one attached hydrogen (secondary N) is 1. The summed E-state index contributed by atoms with van der Waals surface area (Å²) < 4.78 is 0. The second-order valence-electron chi connectivity index (χ2n) is 5.21. The minimum atomic E-state index is 0.278. The Morgan fingerprint density at radius 1 is 1.35 bits per heavy atom. The zero-order valence-electron chi connectivity index (χ0n) is 12.0. The molecule has 0 amide bonds. The predicted molar refractivity (Wildman–Crippen MR) is 79.8 cm³/mol. The van der Waals surface area contributed by atoms with Crippen LogP contribution in [0.2, 0.25) is 5.02 Å². The quantitative estimate of drug-likeness (QED) is 0.887. The van der Waals surface area contributed by atoms with Crippen LogP contribution in [0.1, 0.15) is 31.2 Å². The third kappa shape index (κ3) is 4.28. The lowest BCUT2D eigenvalue weighted by Gasteiger charge is -2.18. The van der Waals surface area contributed by atoms with Crippen molar-refractivity contribution in [3.8, 4) is 0 Å². The number of aryl methyl sites for hydroxylation is 1. The maximum Gasteiger partial charge on any atom is 0.175 e. The number of hydrogen-bond acceptors (Lipinski definition) is 4. The molecule has 20 heavy (non-hydrogen) atoms. The van der Waals surface area contributed by atoms with Crippen molar-refractivity contribution in [2.75, 3.05) is 6.54 Å². The Bertz CT molecular complexity index is 552. The molecule has 6 heteroatoms. The molecule has 0 saturated carbocycles. The molecule has 1 N–H and O–H groups in total. The number of hydrogen-bond donors (Lipinski definition) is 1. The summed E-state index contributed by atoms with van der Waals surface area (Å²) in [6.45, 7) is 5.13. The van der Waals surface area contributed by atoms with Gasteiger partial charge >= 0.3 is 0 Å². The van der Waals surface area contributed by atoms with Crippen LogP contribution in [-0.2, 0) is 13.5 Å². The first-order valence-corrected chi connectivity index (χ1v) is 7.14. The van der Waals surface area contributed by atoms with Crippen molar-refractivity contribution in [1.29, 1.82) is 0 Å². The van der Waals surface area contributed by atoms with Crippen LogP contribution in [0.5, 0.6) is 0 Å². The smallest absolute Gasteiger partial charge is 0.175 e. The minimum absolute atomic E-state index is 0.278. The van der Waals surface area contributed by atoms with Crippen molar-refractivity contribution in [3.63, 3.8) is 0 Å². The second-order valence-corrected chi connectivity index (χ2v) is 5.65. The van der Waals surface area contributed by atoms with Crippen LogP contribution in [0.15, 0.2) is 24.3 Å². The molecule has 0 aliphatic carbocycles. The van der Waals surface area contributed by atoms with Gasteiger partial charge in [0.15, 0.2) is 5.82 Å². The molecule has 1 aromatic carbocycles. The van der Waals surface area contributed by atoms with E-state index < -0.39 is 0 Å². The molecule has 2 rings (SSSR count). The molecule has 0 aliphatic rings. The Hall–Kier alpha value is -1.46. The molecule has 1 aromatic heterocycles. The Kier molecular flexibility index (Phi) is 5.09. The first-order chi connectivity index (χ1) is 9.54. The molecular formula is C14H20ClN5. The summed E-state index contributed by atoms with van der Waals surface area (Å²) in [7, 11) is 1.78. The fourth-order valence-corrected chi connectivity index (χ4v) is 2.27. The van der Waals surface area contributed by atoms with Gasteiger partial charge in [-0.1, -0.05) is 37.6 Å². The number of halogens is 1. The SMILES string of the molecule is CC(C)NCC(Cc1nnn(C)n1)c1cccc(Cl)c1. The Labute approximate surface area is 124 Å². The molecule has 2 aromatic rings. The van der Waals surface area contributed by atoms with Gasteiger partial charge in [0.05, 0.1) is 7.05 Å². The summed E-state index contributed by atoms with van der Waals surface area (Å²) in [5.41, 5.74) is 1.19. The first-order valence-electron chi connectivity index (χ1n) is 6.76. The summed E-state index contributed by atoms with van der Waals surface area (Å²) >= 11 is 6.09. The monoisotopic (exact) mass is 293 g/mol. The zero-order valence-corrected chi connectivity index (χ0v) is 12.8. The van der Waals surface area contributed by atoms with E-state index in [1.54, 1.807) is 7.05 Å². The van der Waals surface area contributed by atoms with E-state index in [4.69, 9.17) is 11.6 Å². The maximum atomic E-state index is 6.09. The lowest BCUT2D eigenvalue weighted by molar-refractivity contribution is 0.519. The van der Waals surface area contributed by atoms with Crippen molar-refractivity contribution < 1.29 is 0 Å². The van der Waals surface area contributed by atoms with E-state index in [0.29, 0.717) is 6.04 Å². The average molecular weight is 294 g/mol. The van der Waals surface area contributed by atoms with E-state index in [0.717, 1.165) is 23.8 Å². The fourth-order valence-electron chi connectivity index (χ4n) is 2.07. The number of tetrazole rings is 1. The highest BCUT2D eigenvalue weighted by Gasteiger charge is 2.16. The number of benzene rings is 1. The zero-order chi connectivity index (χ0) is 14.5. The standard InChI is InChI=1S/C14H20ClN5/c1-10(2)16-9-12(8-14-17-19-20(3)18-14)11-5-4-6-13(15)7-11/h4-7,10,12,16H,8-9H2,1-3H3. The van der Waals surface area contributed by atoms with E-state index in [9.17, 15) is 0 Å². The molecule has 0 saturated heterocycles. The summed E-state index contributed by atoms with van der Waals surface area (Å²) in [5.74, 6) is 1.03. The molecule has 0 radical (unpaired) electrons. The Balaban J connectivity index is 2.15. The number of rotatable bonds is 6. The highest BCUT2D eigenvalue weighted by molar-refractivity contribution is 6.30. The second kappa shape index (κ2) is 6.81. The Morgan fingerprint density at radius 3 is 2.75 bits per heavy atom. The highest BCUT2D eigenvalue weighted by Crippen LogP contribution is 2.22. The van der Waals surface area contributed by atoms with Gasteiger partial charge in [-0.3, -0.25) is 0 Å². The number of nitrogens with zero attached hydrogens (tertiary/aromatic N) is 4. The van der Waals surface area contributed by atoms with Gasteiger partial charge in [-0.05, 0) is 22.9 Å². The summed E-state index contributed by atoms with van der Waals surface area (Å²) in [6.07, 6.45) is 0.744. The average Bonchev–Trinajstić information content (AvgIpc) is 2.80. The fraction of sp³-hybridized carbons (Fsp3) is 0.500. The van der Waals surface area contributed by atoms with Gasteiger partial charge in [0, 0.05) is 29.9 Å². The topological polar surface area (TPSA) is 55.6 Å². The van der Waals surface area contributed by atoms with E-state index in [-0.39, 0.29) is 5.92 Å². The van der Waals surface area contributed by atoms with Gasteiger partial charge in [-0.15, -0.1) is 10.2 Å². The lowest BCUT2D eigenvalue weighted by Crippen LogP contribution is -2.29. The summed E-state index contributed by atoms with van der Waals surface area (Å²) in [4.78, 5) is 1.49. The third-order valence-electron chi connectivity index (χ3n) is 3.07. The third-order valence-corrected chi connectivity index (χ3v) is 3.31. The largest absolute Gasteiger partial charge is 0.314 e. The molecule has 1 heterocycles. The van der Waals surface area contributed by atoms with Crippen LogP contribution >= 0.6 is 11.6 Å². The van der Waals surface area contributed by atoms with Crippen LogP contribution in [0.25, 0.3) is 0 Å². The van der Waals surface area contributed by atoms with Crippen molar-refractivity contribution in [2.45, 2.75) is 32.2 Å². The minimum Gasteiger partial charge on any atom is -0.314 e. The predicted octanol–water partition coefficient (Wildman–Crippen LogP) is 2.19. The van der Waals surface area contributed by atoms with Gasteiger partial charge in [-0.25, -0.2) is 0 Å². The van der Waals surface area contributed by atoms with Crippen LogP contribution in [0, 0.1) is 0 Å². The normalized spacial score (nSPS) is 12.8. The molecule has 1 unspecified atom stereocenters. The number of aromatic nitrogens is 4. The van der Waals surface area contributed by atoms with Gasteiger partial charge in [-0.2, -0.15) is 4.80 Å². The van der Waals surface area contributed by atoms with Crippen LogP contribution < -0.4 is 5.32 Å².